The molecule has 0 aliphatic carbocycles. The van der Waals surface area contributed by atoms with Crippen LogP contribution in [0.15, 0.2) is 59.9 Å². The summed E-state index contributed by atoms with van der Waals surface area (Å²) in [4.78, 5) is 25.5. The fraction of sp³-hybridized carbons (Fsp3) is 0.261. The van der Waals surface area contributed by atoms with E-state index in [4.69, 9.17) is 9.47 Å². The van der Waals surface area contributed by atoms with Gasteiger partial charge >= 0.3 is 0 Å². The Labute approximate surface area is 194 Å². The number of amides is 1. The summed E-state index contributed by atoms with van der Waals surface area (Å²) in [6.45, 7) is 3.41. The molecule has 0 unspecified atom stereocenters. The number of benzene rings is 2. The number of ether oxygens (including phenoxy) is 2. The summed E-state index contributed by atoms with van der Waals surface area (Å²) in [6, 6.07) is 13.8. The minimum Gasteiger partial charge on any atom is -0.454 e. The molecular formula is C23H22FN5O3S. The lowest BCUT2D eigenvalue weighted by molar-refractivity contribution is -0.113. The molecule has 1 aromatic heterocycles. The van der Waals surface area contributed by atoms with Gasteiger partial charge in [-0.3, -0.25) is 4.79 Å². The topological polar surface area (TPSA) is 79.8 Å². The molecule has 0 radical (unpaired) electrons. The Morgan fingerprint density at radius 2 is 1.73 bits per heavy atom. The van der Waals surface area contributed by atoms with Crippen LogP contribution in [0.1, 0.15) is 0 Å². The maximum atomic E-state index is 13.2. The summed E-state index contributed by atoms with van der Waals surface area (Å²) < 4.78 is 23.8. The number of thioether (sulfide) groups is 1. The van der Waals surface area contributed by atoms with Gasteiger partial charge in [-0.15, -0.1) is 0 Å². The van der Waals surface area contributed by atoms with Crippen molar-refractivity contribution in [3.8, 4) is 11.5 Å². The fourth-order valence-corrected chi connectivity index (χ4v) is 4.40. The molecule has 1 saturated heterocycles. The predicted molar refractivity (Wildman–Crippen MR) is 125 cm³/mol. The van der Waals surface area contributed by atoms with Gasteiger partial charge in [0.05, 0.1) is 5.75 Å². The highest BCUT2D eigenvalue weighted by atomic mass is 32.2. The van der Waals surface area contributed by atoms with Gasteiger partial charge in [-0.2, -0.15) is 0 Å². The van der Waals surface area contributed by atoms with Gasteiger partial charge in [-0.25, -0.2) is 14.4 Å². The number of nitrogens with one attached hydrogen (secondary N) is 1. The second kappa shape index (κ2) is 9.53. The first kappa shape index (κ1) is 21.3. The maximum absolute atomic E-state index is 13.2. The van der Waals surface area contributed by atoms with Crippen LogP contribution >= 0.6 is 11.8 Å². The Hall–Kier alpha value is -3.53. The first-order valence-corrected chi connectivity index (χ1v) is 11.5. The molecule has 2 aliphatic rings. The molecule has 0 bridgehead atoms. The monoisotopic (exact) mass is 467 g/mol. The number of rotatable bonds is 6. The maximum Gasteiger partial charge on any atom is 0.234 e. The van der Waals surface area contributed by atoms with Gasteiger partial charge in [-0.1, -0.05) is 11.8 Å². The summed E-state index contributed by atoms with van der Waals surface area (Å²) >= 11 is 1.36. The Bertz CT molecular complexity index is 1140. The van der Waals surface area contributed by atoms with Crippen molar-refractivity contribution in [2.45, 2.75) is 5.03 Å². The van der Waals surface area contributed by atoms with Crippen LogP contribution < -0.4 is 24.6 Å². The normalized spacial score (nSPS) is 14.9. The van der Waals surface area contributed by atoms with Crippen LogP contribution in [-0.4, -0.2) is 54.6 Å². The van der Waals surface area contributed by atoms with Gasteiger partial charge in [0.25, 0.3) is 0 Å². The fourth-order valence-electron chi connectivity index (χ4n) is 3.74. The molecule has 2 aromatic carbocycles. The molecule has 0 spiro atoms. The average Bonchev–Trinajstić information content (AvgIpc) is 3.32. The summed E-state index contributed by atoms with van der Waals surface area (Å²) in [6.07, 6.45) is 1.53. The highest BCUT2D eigenvalue weighted by molar-refractivity contribution is 7.99. The zero-order chi connectivity index (χ0) is 22.6. The van der Waals surface area contributed by atoms with E-state index in [1.165, 1.54) is 30.2 Å². The second-order valence-electron chi connectivity index (χ2n) is 7.57. The number of carbonyl (C=O) groups is 1. The summed E-state index contributed by atoms with van der Waals surface area (Å²) in [5.41, 5.74) is 1.68. The number of nitrogens with zero attached hydrogens (tertiary/aromatic N) is 4. The Morgan fingerprint density at radius 1 is 0.970 bits per heavy atom. The van der Waals surface area contributed by atoms with E-state index in [1.54, 1.807) is 30.3 Å². The van der Waals surface area contributed by atoms with Crippen LogP contribution in [0.3, 0.4) is 0 Å². The van der Waals surface area contributed by atoms with E-state index in [9.17, 15) is 9.18 Å². The molecule has 8 nitrogen and oxygen atoms in total. The Kier molecular flexibility index (Phi) is 6.16. The molecule has 170 valence electrons. The number of hydrogen-bond donors (Lipinski definition) is 1. The Balaban J connectivity index is 1.13. The molecular weight excluding hydrogens is 445 g/mol. The highest BCUT2D eigenvalue weighted by Crippen LogP contribution is 2.34. The van der Waals surface area contributed by atoms with E-state index in [0.29, 0.717) is 17.2 Å². The lowest BCUT2D eigenvalue weighted by Crippen LogP contribution is -2.46. The first-order chi connectivity index (χ1) is 16.1. The number of halogens is 1. The third kappa shape index (κ3) is 5.11. The molecule has 3 heterocycles. The quantitative estimate of drug-likeness (QED) is 0.437. The number of carbonyl (C=O) groups excluding carboxylic acids is 1. The lowest BCUT2D eigenvalue weighted by atomic mass is 10.2. The van der Waals surface area contributed by atoms with Gasteiger partial charge in [0.1, 0.15) is 23.0 Å². The minimum absolute atomic E-state index is 0.132. The van der Waals surface area contributed by atoms with E-state index in [0.717, 1.165) is 42.7 Å². The van der Waals surface area contributed by atoms with E-state index < -0.39 is 0 Å². The van der Waals surface area contributed by atoms with Crippen LogP contribution in [-0.2, 0) is 4.79 Å². The number of aromatic nitrogens is 2. The van der Waals surface area contributed by atoms with E-state index in [1.807, 2.05) is 6.07 Å². The molecule has 0 saturated carbocycles. The molecule has 3 aromatic rings. The zero-order valence-electron chi connectivity index (χ0n) is 17.7. The van der Waals surface area contributed by atoms with Crippen LogP contribution in [0.2, 0.25) is 0 Å². The lowest BCUT2D eigenvalue weighted by Gasteiger charge is -2.36. The molecule has 2 aliphatic heterocycles. The van der Waals surface area contributed by atoms with Crippen LogP contribution in [0.25, 0.3) is 0 Å². The van der Waals surface area contributed by atoms with Crippen molar-refractivity contribution in [2.24, 2.45) is 0 Å². The first-order valence-electron chi connectivity index (χ1n) is 10.5. The van der Waals surface area contributed by atoms with Crippen molar-refractivity contribution in [1.29, 1.82) is 0 Å². The number of hydrogen-bond acceptors (Lipinski definition) is 8. The van der Waals surface area contributed by atoms with Gasteiger partial charge in [0, 0.05) is 49.7 Å². The van der Waals surface area contributed by atoms with Crippen molar-refractivity contribution >= 4 is 34.9 Å². The third-order valence-electron chi connectivity index (χ3n) is 5.43. The average molecular weight is 468 g/mol. The molecule has 0 atom stereocenters. The van der Waals surface area contributed by atoms with Crippen molar-refractivity contribution < 1.29 is 18.7 Å². The van der Waals surface area contributed by atoms with Crippen molar-refractivity contribution in [3.05, 3.63) is 60.7 Å². The van der Waals surface area contributed by atoms with Crippen molar-refractivity contribution in [3.63, 3.8) is 0 Å². The highest BCUT2D eigenvalue weighted by Gasteiger charge is 2.19. The number of piperazine rings is 1. The Morgan fingerprint density at radius 3 is 2.55 bits per heavy atom. The predicted octanol–water partition coefficient (Wildman–Crippen LogP) is 3.40. The summed E-state index contributed by atoms with van der Waals surface area (Å²) in [7, 11) is 0. The SMILES string of the molecule is O=C(CSc1cc(N2CCN(c3ccc(F)cc3)CC2)ncn1)Nc1ccc2c(c1)OCO2. The molecule has 1 fully saturated rings. The van der Waals surface area contributed by atoms with E-state index >= 15 is 0 Å². The number of fused-ring (bicyclic) bond motifs is 1. The third-order valence-corrected chi connectivity index (χ3v) is 6.36. The molecule has 1 N–H and O–H groups in total. The minimum atomic E-state index is -0.229. The largest absolute Gasteiger partial charge is 0.454 e. The number of anilines is 3. The molecule has 5 rings (SSSR count). The van der Waals surface area contributed by atoms with Crippen LogP contribution in [0, 0.1) is 5.82 Å². The zero-order valence-corrected chi connectivity index (χ0v) is 18.6. The molecule has 1 amide bonds. The molecule has 33 heavy (non-hydrogen) atoms. The smallest absolute Gasteiger partial charge is 0.234 e. The van der Waals surface area contributed by atoms with Gasteiger partial charge in [-0.05, 0) is 36.4 Å². The standard InChI is InChI=1S/C23H22FN5O3S/c24-16-1-4-18(5-2-16)28-7-9-29(10-8-28)21-12-23(26-14-25-21)33-13-22(30)27-17-3-6-19-20(11-17)32-15-31-19/h1-6,11-12,14H,7-10,13,15H2,(H,27,30). The van der Waals surface area contributed by atoms with Crippen LogP contribution in [0.4, 0.5) is 21.6 Å². The van der Waals surface area contributed by atoms with E-state index in [2.05, 4.69) is 25.1 Å². The summed E-state index contributed by atoms with van der Waals surface area (Å²) in [5.74, 6) is 2.00. The summed E-state index contributed by atoms with van der Waals surface area (Å²) in [5, 5.41) is 3.60. The van der Waals surface area contributed by atoms with Gasteiger partial charge < -0.3 is 24.6 Å². The van der Waals surface area contributed by atoms with E-state index in [-0.39, 0.29) is 24.3 Å². The van der Waals surface area contributed by atoms with Gasteiger partial charge in [0.15, 0.2) is 11.5 Å². The van der Waals surface area contributed by atoms with Crippen molar-refractivity contribution in [1.82, 2.24) is 9.97 Å². The van der Waals surface area contributed by atoms with Gasteiger partial charge in [0.2, 0.25) is 12.7 Å². The van der Waals surface area contributed by atoms with Crippen molar-refractivity contribution in [2.75, 3.05) is 53.8 Å². The second-order valence-corrected chi connectivity index (χ2v) is 8.57. The van der Waals surface area contributed by atoms with Crippen LogP contribution in [0.5, 0.6) is 11.5 Å². The molecule has 10 heteroatoms.